The molecule has 23 heavy (non-hydrogen) atoms. The van der Waals surface area contributed by atoms with Crippen molar-refractivity contribution < 1.29 is 29.8 Å². The van der Waals surface area contributed by atoms with Gasteiger partial charge < -0.3 is 14.6 Å². The first-order chi connectivity index (χ1) is 11.1. The number of rotatable bonds is 2. The molecule has 1 aliphatic rings. The molecule has 0 amide bonds. The summed E-state index contributed by atoms with van der Waals surface area (Å²) in [6, 6.07) is 10.1. The molecule has 3 aromatic carbocycles. The van der Waals surface area contributed by atoms with E-state index in [2.05, 4.69) is 0 Å². The summed E-state index contributed by atoms with van der Waals surface area (Å²) >= 11 is 0. The zero-order chi connectivity index (χ0) is 16.1. The van der Waals surface area contributed by atoms with Crippen molar-refractivity contribution in [3.63, 3.8) is 0 Å². The molecule has 0 radical (unpaired) electrons. The van der Waals surface area contributed by atoms with Gasteiger partial charge in [0.1, 0.15) is 5.69 Å². The molecule has 0 aliphatic carbocycles. The number of anilines is 1. The molecule has 3 N–H and O–H groups in total. The van der Waals surface area contributed by atoms with E-state index in [4.69, 9.17) is 9.47 Å². The van der Waals surface area contributed by atoms with Gasteiger partial charge in [-0.15, -0.1) is 5.23 Å². The third-order valence-electron chi connectivity index (χ3n) is 3.89. The number of carbonyl (C=O) groups is 1. The zero-order valence-electron chi connectivity index (χ0n) is 11.7. The first-order valence-corrected chi connectivity index (χ1v) is 6.77. The number of hydrogen-bond donors (Lipinski definition) is 3. The van der Waals surface area contributed by atoms with E-state index in [1.807, 2.05) is 12.1 Å². The van der Waals surface area contributed by atoms with Crippen LogP contribution in [0.5, 0.6) is 11.5 Å². The van der Waals surface area contributed by atoms with Gasteiger partial charge in [-0.1, -0.05) is 24.3 Å². The molecular formula is C16H11NO6. The van der Waals surface area contributed by atoms with Gasteiger partial charge in [-0.25, -0.2) is 4.79 Å². The van der Waals surface area contributed by atoms with Crippen LogP contribution < -0.4 is 14.7 Å². The van der Waals surface area contributed by atoms with E-state index in [1.54, 1.807) is 12.1 Å². The van der Waals surface area contributed by atoms with Crippen LogP contribution in [0.1, 0.15) is 10.4 Å². The Hall–Kier alpha value is -3.03. The SMILES string of the molecule is O=C(O)c1cc2c(c3c1c(N(O)O)cc1ccccc13)OCO2. The number of ether oxygens (including phenoxy) is 2. The maximum absolute atomic E-state index is 11.6. The van der Waals surface area contributed by atoms with Crippen molar-refractivity contribution in [1.29, 1.82) is 0 Å². The monoisotopic (exact) mass is 313 g/mol. The Bertz CT molecular complexity index is 966. The Labute approximate surface area is 129 Å². The highest BCUT2D eigenvalue weighted by Gasteiger charge is 2.27. The fourth-order valence-electron chi connectivity index (χ4n) is 2.96. The molecule has 7 nitrogen and oxygen atoms in total. The van der Waals surface area contributed by atoms with Crippen LogP contribution in [0.3, 0.4) is 0 Å². The Kier molecular flexibility index (Phi) is 2.80. The second-order valence-electron chi connectivity index (χ2n) is 5.12. The largest absolute Gasteiger partial charge is 0.478 e. The normalized spacial score (nSPS) is 12.8. The van der Waals surface area contributed by atoms with E-state index in [9.17, 15) is 20.3 Å². The van der Waals surface area contributed by atoms with Crippen LogP contribution >= 0.6 is 0 Å². The Morgan fingerprint density at radius 1 is 1.09 bits per heavy atom. The van der Waals surface area contributed by atoms with Crippen molar-refractivity contribution in [2.75, 3.05) is 12.0 Å². The van der Waals surface area contributed by atoms with E-state index in [0.717, 1.165) is 5.39 Å². The van der Waals surface area contributed by atoms with Crippen LogP contribution in [-0.2, 0) is 0 Å². The summed E-state index contributed by atoms with van der Waals surface area (Å²) in [4.78, 5) is 11.6. The summed E-state index contributed by atoms with van der Waals surface area (Å²) in [5, 5.41) is 30.6. The highest BCUT2D eigenvalue weighted by atomic mass is 16.8. The highest BCUT2D eigenvalue weighted by molar-refractivity contribution is 6.22. The topological polar surface area (TPSA) is 99.5 Å². The van der Waals surface area contributed by atoms with Crippen molar-refractivity contribution in [3.05, 3.63) is 42.0 Å². The van der Waals surface area contributed by atoms with Gasteiger partial charge >= 0.3 is 5.97 Å². The lowest BCUT2D eigenvalue weighted by Crippen LogP contribution is -2.13. The number of hydrogen-bond acceptors (Lipinski definition) is 6. The molecule has 1 heterocycles. The number of nitrogens with zero attached hydrogens (tertiary/aromatic N) is 1. The quantitative estimate of drug-likeness (QED) is 0.494. The number of benzene rings is 3. The third-order valence-corrected chi connectivity index (χ3v) is 3.89. The molecular weight excluding hydrogens is 302 g/mol. The summed E-state index contributed by atoms with van der Waals surface area (Å²) in [6.07, 6.45) is 0. The number of carboxylic acids is 1. The molecule has 7 heteroatoms. The van der Waals surface area contributed by atoms with Crippen LogP contribution in [0.15, 0.2) is 36.4 Å². The number of aromatic carboxylic acids is 1. The fraction of sp³-hybridized carbons (Fsp3) is 0.0625. The number of fused-ring (bicyclic) bond motifs is 5. The van der Waals surface area contributed by atoms with E-state index in [1.165, 1.54) is 12.1 Å². The minimum atomic E-state index is -1.20. The standard InChI is InChI=1S/C16H11NO6/c18-16(19)10-6-12-15(23-7-22-12)14-9-4-2-1-3-8(9)5-11(13(10)14)17(20)21/h1-6,20-21H,7H2,(H,18,19). The second kappa shape index (κ2) is 4.73. The summed E-state index contributed by atoms with van der Waals surface area (Å²) < 4.78 is 10.8. The van der Waals surface area contributed by atoms with Gasteiger partial charge in [0.25, 0.3) is 0 Å². The highest BCUT2D eigenvalue weighted by Crippen LogP contribution is 2.47. The molecule has 0 spiro atoms. The van der Waals surface area contributed by atoms with Crippen molar-refractivity contribution in [3.8, 4) is 11.5 Å². The summed E-state index contributed by atoms with van der Waals surface area (Å²) in [5.74, 6) is -0.490. The first-order valence-electron chi connectivity index (χ1n) is 6.77. The summed E-state index contributed by atoms with van der Waals surface area (Å²) in [7, 11) is 0. The van der Waals surface area contributed by atoms with Crippen molar-refractivity contribution in [2.24, 2.45) is 0 Å². The Morgan fingerprint density at radius 3 is 2.61 bits per heavy atom. The van der Waals surface area contributed by atoms with Crippen LogP contribution in [0.25, 0.3) is 21.5 Å². The predicted molar refractivity (Wildman–Crippen MR) is 80.6 cm³/mol. The van der Waals surface area contributed by atoms with Crippen LogP contribution in [0.4, 0.5) is 5.69 Å². The van der Waals surface area contributed by atoms with E-state index >= 15 is 0 Å². The zero-order valence-corrected chi connectivity index (χ0v) is 11.7. The van der Waals surface area contributed by atoms with Gasteiger partial charge in [-0.2, -0.15) is 0 Å². The molecule has 1 aliphatic heterocycles. The van der Waals surface area contributed by atoms with Crippen molar-refractivity contribution in [1.82, 2.24) is 0 Å². The van der Waals surface area contributed by atoms with E-state index in [0.29, 0.717) is 22.3 Å². The van der Waals surface area contributed by atoms with Gasteiger partial charge in [-0.05, 0) is 22.9 Å². The molecule has 0 bridgehead atoms. The molecule has 0 saturated heterocycles. The van der Waals surface area contributed by atoms with Crippen molar-refractivity contribution in [2.45, 2.75) is 0 Å². The fourth-order valence-corrected chi connectivity index (χ4v) is 2.96. The van der Waals surface area contributed by atoms with Crippen molar-refractivity contribution >= 4 is 33.2 Å². The lowest BCUT2D eigenvalue weighted by molar-refractivity contribution is 0.0300. The molecule has 0 aromatic heterocycles. The lowest BCUT2D eigenvalue weighted by Gasteiger charge is -2.17. The first kappa shape index (κ1) is 13.6. The van der Waals surface area contributed by atoms with Gasteiger partial charge in [0.05, 0.1) is 5.56 Å². The summed E-state index contributed by atoms with van der Waals surface area (Å²) in [6.45, 7) is -0.0198. The van der Waals surface area contributed by atoms with E-state index < -0.39 is 5.97 Å². The average molecular weight is 313 g/mol. The molecule has 3 aromatic rings. The van der Waals surface area contributed by atoms with Gasteiger partial charge in [0, 0.05) is 10.8 Å². The smallest absolute Gasteiger partial charge is 0.336 e. The molecule has 0 unspecified atom stereocenters. The molecule has 0 atom stereocenters. The predicted octanol–water partition coefficient (Wildman–Crippen LogP) is 3.00. The molecule has 0 fully saturated rings. The maximum atomic E-state index is 11.6. The maximum Gasteiger partial charge on any atom is 0.336 e. The Morgan fingerprint density at radius 2 is 1.87 bits per heavy atom. The van der Waals surface area contributed by atoms with Gasteiger partial charge in [0.2, 0.25) is 6.79 Å². The van der Waals surface area contributed by atoms with Crippen LogP contribution in [0, 0.1) is 0 Å². The molecule has 4 rings (SSSR count). The van der Waals surface area contributed by atoms with Crippen LogP contribution in [0.2, 0.25) is 0 Å². The third kappa shape index (κ3) is 1.88. The van der Waals surface area contributed by atoms with Crippen LogP contribution in [-0.4, -0.2) is 28.3 Å². The Balaban J connectivity index is 2.31. The molecule has 116 valence electrons. The second-order valence-corrected chi connectivity index (χ2v) is 5.12. The minimum absolute atomic E-state index is 0.0198. The van der Waals surface area contributed by atoms with Gasteiger partial charge in [-0.3, -0.25) is 10.4 Å². The number of carboxylic acid groups (broad SMARTS) is 1. The molecule has 0 saturated carbocycles. The lowest BCUT2D eigenvalue weighted by atomic mass is 9.95. The van der Waals surface area contributed by atoms with E-state index in [-0.39, 0.29) is 28.7 Å². The van der Waals surface area contributed by atoms with Gasteiger partial charge in [0.15, 0.2) is 11.5 Å². The average Bonchev–Trinajstić information content (AvgIpc) is 3.00. The summed E-state index contributed by atoms with van der Waals surface area (Å²) in [5.41, 5.74) is -0.146. The minimum Gasteiger partial charge on any atom is -0.478 e.